The lowest BCUT2D eigenvalue weighted by molar-refractivity contribution is -0.633. The molecule has 5 aromatic rings. The van der Waals surface area contributed by atoms with Crippen LogP contribution in [0.15, 0.2) is 91.0 Å². The Labute approximate surface area is 212 Å². The maximum atomic E-state index is 9.09. The van der Waals surface area contributed by atoms with E-state index < -0.39 is 11.8 Å². The number of rotatable bonds is 5. The third kappa shape index (κ3) is 3.97. The summed E-state index contributed by atoms with van der Waals surface area (Å²) in [4.78, 5) is 0. The minimum atomic E-state index is -0.855. The fourth-order valence-electron chi connectivity index (χ4n) is 5.12. The van der Waals surface area contributed by atoms with Gasteiger partial charge in [-0.15, -0.1) is 0 Å². The van der Waals surface area contributed by atoms with Crippen molar-refractivity contribution in [2.75, 3.05) is 0 Å². The van der Waals surface area contributed by atoms with Crippen molar-refractivity contribution in [2.24, 2.45) is 7.05 Å². The summed E-state index contributed by atoms with van der Waals surface area (Å²) in [5.74, 6) is -0.669. The molecule has 2 heteroatoms. The lowest BCUT2D eigenvalue weighted by Crippen LogP contribution is -2.30. The number of benzene rings is 4. The van der Waals surface area contributed by atoms with Crippen LogP contribution in [0.1, 0.15) is 58.9 Å². The maximum Gasteiger partial charge on any atom is 0.295 e. The lowest BCUT2D eigenvalue weighted by Gasteiger charge is -2.18. The summed E-state index contributed by atoms with van der Waals surface area (Å²) in [6, 6.07) is 31.6. The van der Waals surface area contributed by atoms with Crippen molar-refractivity contribution in [3.05, 3.63) is 108 Å². The van der Waals surface area contributed by atoms with Crippen LogP contribution in [0.5, 0.6) is 0 Å². The highest BCUT2D eigenvalue weighted by molar-refractivity contribution is 5.85. The van der Waals surface area contributed by atoms with Gasteiger partial charge in [0.1, 0.15) is 5.69 Å². The van der Waals surface area contributed by atoms with Crippen LogP contribution in [-0.2, 0) is 7.05 Å². The highest BCUT2D eigenvalue weighted by Crippen LogP contribution is 2.38. The molecular weight excluding hydrogens is 424 g/mol. The van der Waals surface area contributed by atoms with Crippen molar-refractivity contribution in [3.63, 3.8) is 0 Å². The SMILES string of the molecule is [2H]C(C)(C)c1cccc(C([2H])(C)C)c1-n1c(-c2ccccc2C)[n+](C)c2ccc(-c3ccccc3)cc21. The average Bonchev–Trinajstić information content (AvgIpc) is 3.14. The second-order valence-corrected chi connectivity index (χ2v) is 9.80. The fourth-order valence-corrected chi connectivity index (χ4v) is 5.12. The summed E-state index contributed by atoms with van der Waals surface area (Å²) in [5.41, 5.74) is 9.51. The van der Waals surface area contributed by atoms with E-state index in [1.165, 1.54) is 5.56 Å². The molecule has 176 valence electrons. The van der Waals surface area contributed by atoms with Crippen LogP contribution in [0.25, 0.3) is 39.2 Å². The highest BCUT2D eigenvalue weighted by atomic mass is 15.2. The van der Waals surface area contributed by atoms with Crippen molar-refractivity contribution in [2.45, 2.75) is 46.4 Å². The highest BCUT2D eigenvalue weighted by Gasteiger charge is 2.31. The Morgan fingerprint density at radius 1 is 0.714 bits per heavy atom. The summed E-state index contributed by atoms with van der Waals surface area (Å²) < 4.78 is 22.7. The number of fused-ring (bicyclic) bond motifs is 1. The molecule has 0 saturated heterocycles. The van der Waals surface area contributed by atoms with Crippen LogP contribution in [0, 0.1) is 6.92 Å². The first-order valence-corrected chi connectivity index (χ1v) is 12.3. The van der Waals surface area contributed by atoms with E-state index >= 15 is 0 Å². The molecule has 0 fully saturated rings. The number of para-hydroxylation sites is 1. The predicted molar refractivity (Wildman–Crippen MR) is 148 cm³/mol. The monoisotopic (exact) mass is 461 g/mol. The summed E-state index contributed by atoms with van der Waals surface area (Å²) in [6.45, 7) is 9.87. The van der Waals surface area contributed by atoms with Crippen LogP contribution in [-0.4, -0.2) is 4.57 Å². The van der Waals surface area contributed by atoms with Crippen LogP contribution in [0.4, 0.5) is 0 Å². The van der Waals surface area contributed by atoms with Gasteiger partial charge in [-0.1, -0.05) is 94.4 Å². The molecule has 35 heavy (non-hydrogen) atoms. The molecule has 2 nitrogen and oxygen atoms in total. The second kappa shape index (κ2) is 9.19. The van der Waals surface area contributed by atoms with E-state index in [1.54, 1.807) is 0 Å². The summed E-state index contributed by atoms with van der Waals surface area (Å²) in [6.07, 6.45) is 0. The number of nitrogens with zero attached hydrogens (tertiary/aromatic N) is 2. The number of hydrogen-bond acceptors (Lipinski definition) is 0. The molecule has 0 radical (unpaired) electrons. The van der Waals surface area contributed by atoms with Gasteiger partial charge >= 0.3 is 0 Å². The van der Waals surface area contributed by atoms with Gasteiger partial charge < -0.3 is 0 Å². The average molecular weight is 462 g/mol. The van der Waals surface area contributed by atoms with E-state index in [0.29, 0.717) is 0 Å². The minimum absolute atomic E-state index is 0.855. The van der Waals surface area contributed by atoms with E-state index in [9.17, 15) is 0 Å². The zero-order valence-corrected chi connectivity index (χ0v) is 21.6. The molecule has 0 aliphatic heterocycles. The zero-order chi connectivity index (χ0) is 26.5. The molecule has 0 aliphatic carbocycles. The Balaban J connectivity index is 2.00. The van der Waals surface area contributed by atoms with Gasteiger partial charge in [0.05, 0.1) is 12.6 Å². The Kier molecular flexibility index (Phi) is 5.43. The van der Waals surface area contributed by atoms with Crippen molar-refractivity contribution in [1.29, 1.82) is 0 Å². The first-order chi connectivity index (χ1) is 17.5. The number of aromatic nitrogens is 2. The molecular formula is C33H35N2+. The minimum Gasteiger partial charge on any atom is -0.225 e. The van der Waals surface area contributed by atoms with Gasteiger partial charge in [-0.2, -0.15) is 4.57 Å². The lowest BCUT2D eigenvalue weighted by atomic mass is 9.92. The summed E-state index contributed by atoms with van der Waals surface area (Å²) in [7, 11) is 2.11. The summed E-state index contributed by atoms with van der Waals surface area (Å²) >= 11 is 0. The first kappa shape index (κ1) is 20.7. The topological polar surface area (TPSA) is 8.81 Å². The maximum absolute atomic E-state index is 9.09. The molecule has 0 unspecified atom stereocenters. The van der Waals surface area contributed by atoms with Gasteiger partial charge in [0.2, 0.25) is 0 Å². The fraction of sp³-hybridized carbons (Fsp3) is 0.242. The Morgan fingerprint density at radius 2 is 1.34 bits per heavy atom. The van der Waals surface area contributed by atoms with Gasteiger partial charge in [0.25, 0.3) is 5.82 Å². The predicted octanol–water partition coefficient (Wildman–Crippen LogP) is 8.34. The molecule has 1 aromatic heterocycles. The summed E-state index contributed by atoms with van der Waals surface area (Å²) in [5, 5.41) is 0. The van der Waals surface area contributed by atoms with Gasteiger partial charge in [0, 0.05) is 13.9 Å². The Morgan fingerprint density at radius 3 is 1.97 bits per heavy atom. The van der Waals surface area contributed by atoms with Crippen LogP contribution in [0.2, 0.25) is 0 Å². The van der Waals surface area contributed by atoms with Crippen molar-refractivity contribution < 1.29 is 7.31 Å². The second-order valence-electron chi connectivity index (χ2n) is 9.80. The van der Waals surface area contributed by atoms with Crippen LogP contribution >= 0.6 is 0 Å². The van der Waals surface area contributed by atoms with E-state index in [1.807, 2.05) is 52.0 Å². The molecule has 0 bridgehead atoms. The van der Waals surface area contributed by atoms with Gasteiger partial charge in [0.15, 0.2) is 11.0 Å². The number of aryl methyl sites for hydroxylation is 2. The molecule has 0 atom stereocenters. The molecule has 4 aromatic carbocycles. The first-order valence-electron chi connectivity index (χ1n) is 13.3. The van der Waals surface area contributed by atoms with Crippen LogP contribution < -0.4 is 4.57 Å². The molecule has 5 rings (SSSR count). The number of hydrogen-bond donors (Lipinski definition) is 0. The molecule has 0 saturated carbocycles. The standard InChI is InChI=1S/C33H35N2/c1-22(2)27-17-12-18-28(23(3)4)32(27)35-31-21-26(25-14-8-7-9-15-25)19-20-30(31)34(6)33(35)29-16-11-10-13-24(29)5/h7-23H,1-6H3/q+1/i22D,23D. The van der Waals surface area contributed by atoms with Crippen LogP contribution in [0.3, 0.4) is 0 Å². The molecule has 0 aliphatic rings. The third-order valence-electron chi connectivity index (χ3n) is 6.94. The smallest absolute Gasteiger partial charge is 0.225 e. The van der Waals surface area contributed by atoms with Crippen molar-refractivity contribution in [3.8, 4) is 28.2 Å². The zero-order valence-electron chi connectivity index (χ0n) is 23.6. The largest absolute Gasteiger partial charge is 0.295 e. The van der Waals surface area contributed by atoms with E-state index in [-0.39, 0.29) is 0 Å². The molecule has 1 heterocycles. The van der Waals surface area contributed by atoms with E-state index in [2.05, 4.69) is 89.8 Å². The molecule has 0 N–H and O–H groups in total. The Hall–Kier alpha value is -3.65. The molecule has 0 spiro atoms. The van der Waals surface area contributed by atoms with Gasteiger partial charge in [-0.25, -0.2) is 4.57 Å². The van der Waals surface area contributed by atoms with E-state index in [4.69, 9.17) is 2.74 Å². The van der Waals surface area contributed by atoms with Gasteiger partial charge in [-0.3, -0.25) is 0 Å². The van der Waals surface area contributed by atoms with E-state index in [0.717, 1.165) is 50.4 Å². The Bertz CT molecular complexity index is 1570. The normalized spacial score (nSPS) is 13.1. The number of imidazole rings is 1. The van der Waals surface area contributed by atoms with Crippen molar-refractivity contribution in [1.82, 2.24) is 4.57 Å². The molecule has 0 amide bonds. The van der Waals surface area contributed by atoms with Crippen molar-refractivity contribution >= 4 is 11.0 Å². The quantitative estimate of drug-likeness (QED) is 0.233. The van der Waals surface area contributed by atoms with Gasteiger partial charge in [-0.05, 0) is 59.7 Å². The third-order valence-corrected chi connectivity index (χ3v) is 6.94.